The summed E-state index contributed by atoms with van der Waals surface area (Å²) in [6.07, 6.45) is 5.71. The maximum absolute atomic E-state index is 12.6. The SMILES string of the molecule is Cc1cc(-c2ccccn2)n2ncc(C(=O)NC(C)C3CC3)c2n1. The Bertz CT molecular complexity index is 898. The van der Waals surface area contributed by atoms with Crippen LogP contribution >= 0.6 is 0 Å². The quantitative estimate of drug-likeness (QED) is 0.802. The van der Waals surface area contributed by atoms with E-state index in [1.165, 1.54) is 12.8 Å². The summed E-state index contributed by atoms with van der Waals surface area (Å²) < 4.78 is 1.69. The maximum Gasteiger partial charge on any atom is 0.256 e. The van der Waals surface area contributed by atoms with Gasteiger partial charge in [0.25, 0.3) is 5.91 Å². The fourth-order valence-corrected chi connectivity index (χ4v) is 2.94. The number of amides is 1. The summed E-state index contributed by atoms with van der Waals surface area (Å²) in [5, 5.41) is 7.45. The lowest BCUT2D eigenvalue weighted by atomic mass is 10.2. The minimum Gasteiger partial charge on any atom is -0.349 e. The Balaban J connectivity index is 1.76. The number of aryl methyl sites for hydroxylation is 1. The molecule has 0 radical (unpaired) electrons. The van der Waals surface area contributed by atoms with Crippen LogP contribution in [0.4, 0.5) is 0 Å². The van der Waals surface area contributed by atoms with E-state index in [9.17, 15) is 4.79 Å². The van der Waals surface area contributed by atoms with Crippen LogP contribution in [0.15, 0.2) is 36.7 Å². The number of carbonyl (C=O) groups is 1. The molecular formula is C18H19N5O. The molecule has 0 aliphatic heterocycles. The smallest absolute Gasteiger partial charge is 0.256 e. The van der Waals surface area contributed by atoms with Crippen molar-refractivity contribution in [1.29, 1.82) is 0 Å². The maximum atomic E-state index is 12.6. The summed E-state index contributed by atoms with van der Waals surface area (Å²) in [6, 6.07) is 7.84. The molecule has 1 saturated carbocycles. The number of carbonyl (C=O) groups excluding carboxylic acids is 1. The van der Waals surface area contributed by atoms with Crippen molar-refractivity contribution in [2.45, 2.75) is 32.7 Å². The third kappa shape index (κ3) is 2.64. The van der Waals surface area contributed by atoms with Gasteiger partial charge in [0.05, 0.1) is 17.6 Å². The molecular weight excluding hydrogens is 302 g/mol. The summed E-state index contributed by atoms with van der Waals surface area (Å²) in [7, 11) is 0. The second kappa shape index (κ2) is 5.70. The Kier molecular flexibility index (Phi) is 3.52. The average molecular weight is 321 g/mol. The fourth-order valence-electron chi connectivity index (χ4n) is 2.94. The first-order chi connectivity index (χ1) is 11.6. The lowest BCUT2D eigenvalue weighted by molar-refractivity contribution is 0.0937. The first kappa shape index (κ1) is 14.8. The lowest BCUT2D eigenvalue weighted by Gasteiger charge is -2.12. The van der Waals surface area contributed by atoms with Crippen LogP contribution in [-0.2, 0) is 0 Å². The van der Waals surface area contributed by atoms with E-state index in [1.807, 2.05) is 31.2 Å². The molecule has 1 amide bonds. The zero-order valence-electron chi connectivity index (χ0n) is 13.7. The third-order valence-corrected chi connectivity index (χ3v) is 4.46. The van der Waals surface area contributed by atoms with Gasteiger partial charge in [0.15, 0.2) is 5.65 Å². The summed E-state index contributed by atoms with van der Waals surface area (Å²) in [5.74, 6) is 0.490. The number of hydrogen-bond acceptors (Lipinski definition) is 4. The molecule has 6 nitrogen and oxygen atoms in total. The second-order valence-electron chi connectivity index (χ2n) is 6.39. The molecule has 0 bridgehead atoms. The molecule has 0 saturated heterocycles. The van der Waals surface area contributed by atoms with Crippen LogP contribution in [0.5, 0.6) is 0 Å². The van der Waals surface area contributed by atoms with E-state index in [4.69, 9.17) is 0 Å². The number of fused-ring (bicyclic) bond motifs is 1. The van der Waals surface area contributed by atoms with E-state index in [0.29, 0.717) is 17.1 Å². The van der Waals surface area contributed by atoms with Gasteiger partial charge in [0, 0.05) is 17.9 Å². The molecule has 3 heterocycles. The molecule has 1 unspecified atom stereocenters. The summed E-state index contributed by atoms with van der Waals surface area (Å²) in [6.45, 7) is 3.97. The molecule has 1 atom stereocenters. The van der Waals surface area contributed by atoms with Gasteiger partial charge in [-0.05, 0) is 50.8 Å². The largest absolute Gasteiger partial charge is 0.349 e. The van der Waals surface area contributed by atoms with Crippen LogP contribution in [0.3, 0.4) is 0 Å². The highest BCUT2D eigenvalue weighted by Gasteiger charge is 2.30. The molecule has 3 aromatic rings. The Hall–Kier alpha value is -2.76. The zero-order chi connectivity index (χ0) is 16.7. The Morgan fingerprint density at radius 2 is 2.21 bits per heavy atom. The van der Waals surface area contributed by atoms with Gasteiger partial charge in [-0.15, -0.1) is 0 Å². The van der Waals surface area contributed by atoms with Crippen molar-refractivity contribution in [1.82, 2.24) is 24.9 Å². The van der Waals surface area contributed by atoms with Crippen molar-refractivity contribution in [2.75, 3.05) is 0 Å². The van der Waals surface area contributed by atoms with Gasteiger partial charge in [-0.3, -0.25) is 9.78 Å². The molecule has 6 heteroatoms. The predicted molar refractivity (Wildman–Crippen MR) is 90.6 cm³/mol. The van der Waals surface area contributed by atoms with E-state index in [1.54, 1.807) is 16.9 Å². The molecule has 122 valence electrons. The van der Waals surface area contributed by atoms with Crippen LogP contribution in [-0.4, -0.2) is 31.5 Å². The van der Waals surface area contributed by atoms with Crippen molar-refractivity contribution >= 4 is 11.6 Å². The van der Waals surface area contributed by atoms with E-state index in [0.717, 1.165) is 17.1 Å². The highest BCUT2D eigenvalue weighted by molar-refractivity contribution is 6.00. The number of aromatic nitrogens is 4. The number of nitrogens with one attached hydrogen (secondary N) is 1. The van der Waals surface area contributed by atoms with Gasteiger partial charge < -0.3 is 5.32 Å². The van der Waals surface area contributed by atoms with Crippen molar-refractivity contribution in [3.8, 4) is 11.4 Å². The second-order valence-corrected chi connectivity index (χ2v) is 6.39. The highest BCUT2D eigenvalue weighted by atomic mass is 16.1. The lowest BCUT2D eigenvalue weighted by Crippen LogP contribution is -2.34. The molecule has 0 aromatic carbocycles. The summed E-state index contributed by atoms with van der Waals surface area (Å²) in [5.41, 5.74) is 3.52. The van der Waals surface area contributed by atoms with Gasteiger partial charge >= 0.3 is 0 Å². The highest BCUT2D eigenvalue weighted by Crippen LogP contribution is 2.32. The predicted octanol–water partition coefficient (Wildman–Crippen LogP) is 2.63. The molecule has 1 fully saturated rings. The van der Waals surface area contributed by atoms with Crippen molar-refractivity contribution in [3.05, 3.63) is 47.9 Å². The minimum atomic E-state index is -0.116. The number of rotatable bonds is 4. The standard InChI is InChI=1S/C18H19N5O/c1-11-9-16(15-5-3-4-8-19-15)23-17(21-11)14(10-20-23)18(24)22-12(2)13-6-7-13/h3-5,8-10,12-13H,6-7H2,1-2H3,(H,22,24). The topological polar surface area (TPSA) is 72.2 Å². The first-order valence-electron chi connectivity index (χ1n) is 8.21. The molecule has 1 aliphatic carbocycles. The van der Waals surface area contributed by atoms with Crippen molar-refractivity contribution in [2.24, 2.45) is 5.92 Å². The van der Waals surface area contributed by atoms with Crippen LogP contribution in [0, 0.1) is 12.8 Å². The monoisotopic (exact) mass is 321 g/mol. The van der Waals surface area contributed by atoms with Gasteiger partial charge in [0.1, 0.15) is 5.56 Å². The molecule has 1 N–H and O–H groups in total. The van der Waals surface area contributed by atoms with E-state index in [2.05, 4.69) is 27.3 Å². The summed E-state index contributed by atoms with van der Waals surface area (Å²) >= 11 is 0. The van der Waals surface area contributed by atoms with Crippen LogP contribution in [0.2, 0.25) is 0 Å². The molecule has 0 spiro atoms. The average Bonchev–Trinajstić information content (AvgIpc) is 3.35. The van der Waals surface area contributed by atoms with Crippen molar-refractivity contribution < 1.29 is 4.79 Å². The van der Waals surface area contributed by atoms with Gasteiger partial charge in [-0.1, -0.05) is 6.07 Å². The van der Waals surface area contributed by atoms with Gasteiger partial charge in [-0.25, -0.2) is 9.50 Å². The van der Waals surface area contributed by atoms with Gasteiger partial charge in [0.2, 0.25) is 0 Å². The van der Waals surface area contributed by atoms with E-state index in [-0.39, 0.29) is 11.9 Å². The van der Waals surface area contributed by atoms with Crippen LogP contribution in [0.25, 0.3) is 17.0 Å². The molecule has 3 aromatic heterocycles. The van der Waals surface area contributed by atoms with Crippen molar-refractivity contribution in [3.63, 3.8) is 0 Å². The number of pyridine rings is 1. The molecule has 24 heavy (non-hydrogen) atoms. The minimum absolute atomic E-state index is 0.116. The van der Waals surface area contributed by atoms with Gasteiger partial charge in [-0.2, -0.15) is 5.10 Å². The van der Waals surface area contributed by atoms with Crippen LogP contribution < -0.4 is 5.32 Å². The fraction of sp³-hybridized carbons (Fsp3) is 0.333. The third-order valence-electron chi connectivity index (χ3n) is 4.46. The van der Waals surface area contributed by atoms with E-state index < -0.39 is 0 Å². The zero-order valence-corrected chi connectivity index (χ0v) is 13.7. The number of hydrogen-bond donors (Lipinski definition) is 1. The molecule has 1 aliphatic rings. The first-order valence-corrected chi connectivity index (χ1v) is 8.21. The molecule has 4 rings (SSSR count). The number of nitrogens with zero attached hydrogens (tertiary/aromatic N) is 4. The Morgan fingerprint density at radius 1 is 1.38 bits per heavy atom. The Morgan fingerprint density at radius 3 is 2.92 bits per heavy atom. The Labute approximate surface area is 139 Å². The van der Waals surface area contributed by atoms with E-state index >= 15 is 0 Å². The summed E-state index contributed by atoms with van der Waals surface area (Å²) in [4.78, 5) is 21.5. The van der Waals surface area contributed by atoms with Crippen LogP contribution in [0.1, 0.15) is 35.8 Å². The normalized spacial score (nSPS) is 15.4.